The first kappa shape index (κ1) is 44.9. The Bertz CT molecular complexity index is 2630. The number of fused-ring (bicyclic) bond motifs is 2. The van der Waals surface area contributed by atoms with Crippen LogP contribution in [0.1, 0.15) is 11.6 Å². The lowest BCUT2D eigenvalue weighted by molar-refractivity contribution is -0.383. The van der Waals surface area contributed by atoms with E-state index in [1.54, 1.807) is 48.5 Å². The number of alkyl halides is 6. The molecule has 2 aliphatic rings. The van der Waals surface area contributed by atoms with Gasteiger partial charge in [-0.05, 0) is 54.1 Å². The normalized spacial score (nSPS) is 15.2. The number of ether oxygens (including phenoxy) is 2. The van der Waals surface area contributed by atoms with Gasteiger partial charge in [0.2, 0.25) is 11.6 Å². The molecule has 0 amide bonds. The number of nitrogen functional groups attached to an aromatic ring is 2. The lowest BCUT2D eigenvalue weighted by Crippen LogP contribution is -2.47. The SMILES string of the molecule is Nc1cccc(N2CCN(CCOc3cccc4[nH]c(C(F)(F)F)nc34)CC2)c1N.[N-]=[N+]=Nc1cccc(N2CCN(CCOc3cccc4[nH]c(C(F)(F)F)nc34)CC2)c1[N+](=O)[O-]. The highest BCUT2D eigenvalue weighted by Gasteiger charge is 2.36. The number of hydrogen-bond acceptors (Lipinski definition) is 13. The van der Waals surface area contributed by atoms with Crippen LogP contribution in [0.3, 0.4) is 0 Å². The fourth-order valence-corrected chi connectivity index (χ4v) is 7.44. The molecule has 0 saturated carbocycles. The molecule has 0 radical (unpaired) electrons. The van der Waals surface area contributed by atoms with Gasteiger partial charge in [0.05, 0.1) is 33.0 Å². The minimum absolute atomic E-state index is 0.0398. The highest BCUT2D eigenvalue weighted by molar-refractivity contribution is 5.83. The van der Waals surface area contributed by atoms with E-state index in [4.69, 9.17) is 26.5 Å². The van der Waals surface area contributed by atoms with E-state index in [-0.39, 0.29) is 40.3 Å². The van der Waals surface area contributed by atoms with Gasteiger partial charge in [0.15, 0.2) is 0 Å². The number of nitrogens with zero attached hydrogens (tertiary/aromatic N) is 10. The van der Waals surface area contributed by atoms with Crippen LogP contribution in [0.4, 0.5) is 60.5 Å². The van der Waals surface area contributed by atoms with E-state index in [1.807, 2.05) is 17.0 Å². The van der Waals surface area contributed by atoms with Crippen LogP contribution >= 0.6 is 0 Å². The lowest BCUT2D eigenvalue weighted by atomic mass is 10.2. The van der Waals surface area contributed by atoms with Gasteiger partial charge >= 0.3 is 18.0 Å². The summed E-state index contributed by atoms with van der Waals surface area (Å²) in [5.41, 5.74) is 23.7. The third-order valence-electron chi connectivity index (χ3n) is 10.7. The summed E-state index contributed by atoms with van der Waals surface area (Å²) < 4.78 is 88.9. The molecule has 6 N–H and O–H groups in total. The van der Waals surface area contributed by atoms with Gasteiger partial charge in [0.1, 0.15) is 47.1 Å². The zero-order valence-electron chi connectivity index (χ0n) is 33.9. The highest BCUT2D eigenvalue weighted by Crippen LogP contribution is 2.38. The van der Waals surface area contributed by atoms with Crippen LogP contribution in [0, 0.1) is 10.1 Å². The molecule has 0 bridgehead atoms. The van der Waals surface area contributed by atoms with Crippen molar-refractivity contribution in [2.45, 2.75) is 12.4 Å². The number of hydrogen-bond donors (Lipinski definition) is 4. The predicted molar refractivity (Wildman–Crippen MR) is 228 cm³/mol. The molecule has 24 heteroatoms. The molecule has 4 aromatic carbocycles. The molecule has 2 saturated heterocycles. The van der Waals surface area contributed by atoms with Gasteiger partial charge in [0, 0.05) is 70.4 Å². The Labute approximate surface area is 360 Å². The van der Waals surface area contributed by atoms with E-state index in [0.717, 1.165) is 31.9 Å². The molecule has 0 atom stereocenters. The van der Waals surface area contributed by atoms with Crippen LogP contribution in [0.25, 0.3) is 32.5 Å². The summed E-state index contributed by atoms with van der Waals surface area (Å²) in [6, 6.07) is 19.7. The Hall–Kier alpha value is -7.17. The Balaban J connectivity index is 0.000000193. The van der Waals surface area contributed by atoms with Crippen molar-refractivity contribution in [1.82, 2.24) is 29.7 Å². The summed E-state index contributed by atoms with van der Waals surface area (Å²) in [6.45, 7) is 7.21. The Morgan fingerprint density at radius 2 is 1.16 bits per heavy atom. The second-order valence-corrected chi connectivity index (χ2v) is 14.7. The number of aromatic amines is 2. The van der Waals surface area contributed by atoms with E-state index in [1.165, 1.54) is 12.1 Å². The number of H-pyrrole nitrogens is 2. The van der Waals surface area contributed by atoms with Crippen molar-refractivity contribution in [3.63, 3.8) is 0 Å². The first-order valence-corrected chi connectivity index (χ1v) is 19.9. The van der Waals surface area contributed by atoms with Crippen molar-refractivity contribution < 1.29 is 40.7 Å². The topological polar surface area (TPSA) is 233 Å². The molecule has 2 aliphatic heterocycles. The number of nitrogens with one attached hydrogen (secondary N) is 2. The van der Waals surface area contributed by atoms with Gasteiger partial charge in [-0.2, -0.15) is 26.3 Å². The first-order chi connectivity index (χ1) is 30.6. The molecular weight excluding hydrogens is 855 g/mol. The largest absolute Gasteiger partial charge is 0.490 e. The van der Waals surface area contributed by atoms with Gasteiger partial charge in [-0.25, -0.2) is 9.97 Å². The summed E-state index contributed by atoms with van der Waals surface area (Å²) in [7, 11) is 0. The Morgan fingerprint density at radius 1 is 0.703 bits per heavy atom. The highest BCUT2D eigenvalue weighted by atomic mass is 19.4. The number of halogens is 6. The van der Waals surface area contributed by atoms with Gasteiger partial charge in [0.25, 0.3) is 0 Å². The van der Waals surface area contributed by atoms with Crippen molar-refractivity contribution in [1.29, 1.82) is 0 Å². The molecule has 0 unspecified atom stereocenters. The average molecular weight is 897 g/mol. The summed E-state index contributed by atoms with van der Waals surface area (Å²) in [6.07, 6.45) is -9.10. The van der Waals surface area contributed by atoms with Crippen molar-refractivity contribution >= 4 is 56.2 Å². The average Bonchev–Trinajstić information content (AvgIpc) is 3.93. The van der Waals surface area contributed by atoms with Crippen LogP contribution in [0.2, 0.25) is 0 Å². The van der Waals surface area contributed by atoms with Crippen molar-refractivity contribution in [2.24, 2.45) is 5.11 Å². The second-order valence-electron chi connectivity index (χ2n) is 14.7. The number of nitro benzene ring substituents is 1. The molecule has 2 fully saturated rings. The molecule has 8 rings (SSSR count). The maximum absolute atomic E-state index is 12.9. The number of imidazole rings is 2. The summed E-state index contributed by atoms with van der Waals surface area (Å²) >= 11 is 0. The predicted octanol–water partition coefficient (Wildman–Crippen LogP) is 7.58. The third-order valence-corrected chi connectivity index (χ3v) is 10.7. The molecular formula is C40H42F6N14O4. The van der Waals surface area contributed by atoms with Crippen LogP contribution in [0.15, 0.2) is 77.9 Å². The summed E-state index contributed by atoms with van der Waals surface area (Å²) in [5, 5.41) is 15.0. The van der Waals surface area contributed by atoms with Crippen molar-refractivity contribution in [2.75, 3.05) is 99.9 Å². The number of azide groups is 1. The number of benzene rings is 4. The van der Waals surface area contributed by atoms with Gasteiger partial charge in [-0.3, -0.25) is 19.9 Å². The minimum Gasteiger partial charge on any atom is -0.490 e. The number of piperazine rings is 2. The molecule has 0 spiro atoms. The fraction of sp³-hybridized carbons (Fsp3) is 0.350. The number of nitrogens with two attached hydrogens (primary N) is 2. The van der Waals surface area contributed by atoms with E-state index in [2.05, 4.69) is 44.7 Å². The zero-order chi connectivity index (χ0) is 45.6. The zero-order valence-corrected chi connectivity index (χ0v) is 33.9. The molecule has 64 heavy (non-hydrogen) atoms. The molecule has 0 aliphatic carbocycles. The van der Waals surface area contributed by atoms with Crippen LogP contribution in [-0.4, -0.2) is 113 Å². The maximum Gasteiger partial charge on any atom is 0.449 e. The number of para-hydroxylation sites is 4. The smallest absolute Gasteiger partial charge is 0.449 e. The third kappa shape index (κ3) is 10.4. The fourth-order valence-electron chi connectivity index (χ4n) is 7.44. The molecule has 6 aromatic rings. The van der Waals surface area contributed by atoms with E-state index >= 15 is 0 Å². The number of anilines is 4. The van der Waals surface area contributed by atoms with Gasteiger partial charge in [-0.15, -0.1) is 0 Å². The minimum atomic E-state index is -4.58. The van der Waals surface area contributed by atoms with E-state index in [0.29, 0.717) is 74.2 Å². The van der Waals surface area contributed by atoms with E-state index < -0.39 is 28.9 Å². The number of nitro groups is 1. The molecule has 18 nitrogen and oxygen atoms in total. The van der Waals surface area contributed by atoms with E-state index in [9.17, 15) is 36.5 Å². The monoisotopic (exact) mass is 896 g/mol. The van der Waals surface area contributed by atoms with Gasteiger partial charge < -0.3 is 40.7 Å². The quantitative estimate of drug-likeness (QED) is 0.0177. The molecule has 338 valence electrons. The first-order valence-electron chi connectivity index (χ1n) is 19.9. The molecule has 4 heterocycles. The second kappa shape index (κ2) is 19.1. The van der Waals surface area contributed by atoms with Crippen molar-refractivity contribution in [3.05, 3.63) is 105 Å². The maximum atomic E-state index is 12.9. The van der Waals surface area contributed by atoms with Crippen LogP contribution in [-0.2, 0) is 12.4 Å². The number of rotatable bonds is 12. The lowest BCUT2D eigenvalue weighted by Gasteiger charge is -2.36. The van der Waals surface area contributed by atoms with Crippen molar-refractivity contribution in [3.8, 4) is 11.5 Å². The van der Waals surface area contributed by atoms with Crippen LogP contribution < -0.4 is 30.7 Å². The number of aromatic nitrogens is 4. The van der Waals surface area contributed by atoms with Crippen LogP contribution in [0.5, 0.6) is 11.5 Å². The Morgan fingerprint density at radius 3 is 1.62 bits per heavy atom. The summed E-state index contributed by atoms with van der Waals surface area (Å²) in [4.78, 5) is 33.9. The Kier molecular flexibility index (Phi) is 13.4. The molecule has 2 aromatic heterocycles. The summed E-state index contributed by atoms with van der Waals surface area (Å²) in [5.74, 6) is -1.50. The van der Waals surface area contributed by atoms with Gasteiger partial charge in [-0.1, -0.05) is 29.4 Å². The standard InChI is InChI=1S/C20H19F3N8O3.C20H23F3N6O/c21-20(22,23)19-25-13-3-2-6-16(17(13)26-19)34-12-11-29-7-9-30(10-8-29)15-5-1-4-14(27-28-24)18(15)31(32)33;21-20(22,23)19-26-14-4-2-6-16(18(14)27-19)30-12-11-28-7-9-29(10-8-28)15-5-1-3-13(24)17(15)25/h1-6H,7-12H2,(H,25,26);1-6H,7-12,24-25H2,(H,26,27).